The van der Waals surface area contributed by atoms with Crippen molar-refractivity contribution >= 4 is 6.03 Å². The number of amides is 2. The van der Waals surface area contributed by atoms with Crippen molar-refractivity contribution in [3.05, 3.63) is 23.8 Å². The maximum Gasteiger partial charge on any atom is 0.314 e. The first kappa shape index (κ1) is 14.0. The highest BCUT2D eigenvalue weighted by atomic mass is 16.7. The number of carbonyl (C=O) groups excluding carboxylic acids is 1. The van der Waals surface area contributed by atoms with Crippen molar-refractivity contribution in [1.82, 2.24) is 10.6 Å². The molecule has 1 aliphatic heterocycles. The summed E-state index contributed by atoms with van der Waals surface area (Å²) in [6, 6.07) is 5.99. The number of fused-ring (bicyclic) bond motifs is 1. The van der Waals surface area contributed by atoms with Crippen LogP contribution in [0.2, 0.25) is 0 Å². The highest BCUT2D eigenvalue weighted by Crippen LogP contribution is 2.49. The Bertz CT molecular complexity index is 538. The highest BCUT2D eigenvalue weighted by molar-refractivity contribution is 5.74. The zero-order valence-corrected chi connectivity index (χ0v) is 12.6. The molecule has 0 radical (unpaired) electrons. The summed E-state index contributed by atoms with van der Waals surface area (Å²) < 4.78 is 10.8. The van der Waals surface area contributed by atoms with E-state index in [1.807, 2.05) is 12.1 Å². The molecule has 0 atom stereocenters. The van der Waals surface area contributed by atoms with Gasteiger partial charge >= 0.3 is 6.03 Å². The molecule has 1 aromatic carbocycles. The zero-order chi connectivity index (χ0) is 14.9. The lowest BCUT2D eigenvalue weighted by molar-refractivity contribution is 0.174. The molecule has 2 amide bonds. The van der Waals surface area contributed by atoms with E-state index in [9.17, 15) is 4.79 Å². The number of urea groups is 1. The summed E-state index contributed by atoms with van der Waals surface area (Å²) in [5, 5.41) is 5.87. The number of ether oxygens (including phenoxy) is 2. The Kier molecular flexibility index (Phi) is 3.66. The monoisotopic (exact) mass is 290 g/mol. The minimum atomic E-state index is -0.0873. The molecule has 1 aromatic rings. The van der Waals surface area contributed by atoms with Crippen molar-refractivity contribution in [2.75, 3.05) is 19.9 Å². The number of carbonyl (C=O) groups is 1. The SMILES string of the molecule is CC(C)CNC(=O)NCC1(c2ccc3c(c2)OCO3)CC1. The lowest BCUT2D eigenvalue weighted by Crippen LogP contribution is -2.41. The first-order valence-electron chi connectivity index (χ1n) is 7.51. The van der Waals surface area contributed by atoms with Crippen LogP contribution in [-0.4, -0.2) is 25.9 Å². The number of hydrogen-bond acceptors (Lipinski definition) is 3. The molecule has 0 aromatic heterocycles. The van der Waals surface area contributed by atoms with E-state index >= 15 is 0 Å². The molecule has 21 heavy (non-hydrogen) atoms. The Morgan fingerprint density at radius 1 is 1.24 bits per heavy atom. The Morgan fingerprint density at radius 3 is 2.71 bits per heavy atom. The lowest BCUT2D eigenvalue weighted by atomic mass is 9.95. The fraction of sp³-hybridized carbons (Fsp3) is 0.562. The van der Waals surface area contributed by atoms with E-state index in [1.54, 1.807) is 0 Å². The predicted octanol–water partition coefficient (Wildman–Crippen LogP) is 2.40. The van der Waals surface area contributed by atoms with E-state index < -0.39 is 0 Å². The highest BCUT2D eigenvalue weighted by Gasteiger charge is 2.45. The third-order valence-corrected chi connectivity index (χ3v) is 4.10. The number of benzene rings is 1. The minimum Gasteiger partial charge on any atom is -0.454 e. The lowest BCUT2D eigenvalue weighted by Gasteiger charge is -2.18. The Morgan fingerprint density at radius 2 is 2.00 bits per heavy atom. The van der Waals surface area contributed by atoms with Gasteiger partial charge in [0.1, 0.15) is 0 Å². The van der Waals surface area contributed by atoms with Gasteiger partial charge in [0.15, 0.2) is 11.5 Å². The van der Waals surface area contributed by atoms with Crippen LogP contribution >= 0.6 is 0 Å². The maximum absolute atomic E-state index is 11.8. The molecule has 2 N–H and O–H groups in total. The standard InChI is InChI=1S/C16H22N2O3/c1-11(2)8-17-15(19)18-9-16(5-6-16)12-3-4-13-14(7-12)21-10-20-13/h3-4,7,11H,5-6,8-10H2,1-2H3,(H2,17,18,19). The van der Waals surface area contributed by atoms with Crippen LogP contribution in [0.25, 0.3) is 0 Å². The van der Waals surface area contributed by atoms with Crippen LogP contribution in [0.1, 0.15) is 32.3 Å². The van der Waals surface area contributed by atoms with Crippen LogP contribution in [0.5, 0.6) is 11.5 Å². The van der Waals surface area contributed by atoms with Gasteiger partial charge in [-0.15, -0.1) is 0 Å². The van der Waals surface area contributed by atoms with E-state index in [0.29, 0.717) is 25.8 Å². The first-order valence-corrected chi connectivity index (χ1v) is 7.51. The second kappa shape index (κ2) is 5.47. The molecule has 1 saturated carbocycles. The van der Waals surface area contributed by atoms with Gasteiger partial charge < -0.3 is 20.1 Å². The zero-order valence-electron chi connectivity index (χ0n) is 12.6. The number of rotatable bonds is 5. The van der Waals surface area contributed by atoms with Crippen LogP contribution in [0.4, 0.5) is 4.79 Å². The summed E-state index contributed by atoms with van der Waals surface area (Å²) >= 11 is 0. The molecule has 114 valence electrons. The molecule has 0 saturated heterocycles. The van der Waals surface area contributed by atoms with Gasteiger partial charge in [0.05, 0.1) is 0 Å². The fourth-order valence-corrected chi connectivity index (χ4v) is 2.55. The van der Waals surface area contributed by atoms with Crippen LogP contribution in [0.3, 0.4) is 0 Å². The van der Waals surface area contributed by atoms with Gasteiger partial charge in [0.25, 0.3) is 0 Å². The number of nitrogens with one attached hydrogen (secondary N) is 2. The smallest absolute Gasteiger partial charge is 0.314 e. The first-order chi connectivity index (χ1) is 10.1. The maximum atomic E-state index is 11.8. The van der Waals surface area contributed by atoms with Crippen molar-refractivity contribution in [2.45, 2.75) is 32.1 Å². The molecule has 0 bridgehead atoms. The van der Waals surface area contributed by atoms with Gasteiger partial charge in [-0.05, 0) is 36.5 Å². The molecule has 1 heterocycles. The van der Waals surface area contributed by atoms with Crippen LogP contribution in [0.15, 0.2) is 18.2 Å². The van der Waals surface area contributed by atoms with Gasteiger partial charge in [0, 0.05) is 18.5 Å². The molecule has 0 spiro atoms. The third-order valence-electron chi connectivity index (χ3n) is 4.10. The molecule has 1 fully saturated rings. The fourth-order valence-electron chi connectivity index (χ4n) is 2.55. The van der Waals surface area contributed by atoms with E-state index in [4.69, 9.17) is 9.47 Å². The van der Waals surface area contributed by atoms with E-state index in [1.165, 1.54) is 5.56 Å². The Balaban J connectivity index is 1.59. The summed E-state index contributed by atoms with van der Waals surface area (Å²) in [7, 11) is 0. The second-order valence-electron chi connectivity index (χ2n) is 6.31. The van der Waals surface area contributed by atoms with Crippen molar-refractivity contribution < 1.29 is 14.3 Å². The van der Waals surface area contributed by atoms with Crippen LogP contribution in [-0.2, 0) is 5.41 Å². The molecule has 0 unspecified atom stereocenters. The van der Waals surface area contributed by atoms with Crippen LogP contribution in [0, 0.1) is 5.92 Å². The summed E-state index contributed by atoms with van der Waals surface area (Å²) in [4.78, 5) is 11.8. The normalized spacial score (nSPS) is 17.7. The Hall–Kier alpha value is -1.91. The van der Waals surface area contributed by atoms with Gasteiger partial charge in [0.2, 0.25) is 6.79 Å². The summed E-state index contributed by atoms with van der Waals surface area (Å²) in [6.45, 7) is 5.81. The molecule has 2 aliphatic rings. The average molecular weight is 290 g/mol. The van der Waals surface area contributed by atoms with Crippen LogP contribution < -0.4 is 20.1 Å². The average Bonchev–Trinajstić information content (AvgIpc) is 3.12. The molecule has 5 nitrogen and oxygen atoms in total. The van der Waals surface area contributed by atoms with E-state index in [2.05, 4.69) is 30.5 Å². The largest absolute Gasteiger partial charge is 0.454 e. The van der Waals surface area contributed by atoms with Gasteiger partial charge in [-0.3, -0.25) is 0 Å². The quantitative estimate of drug-likeness (QED) is 0.875. The summed E-state index contributed by atoms with van der Waals surface area (Å²) in [5.41, 5.74) is 1.28. The summed E-state index contributed by atoms with van der Waals surface area (Å²) in [5.74, 6) is 2.07. The number of hydrogen-bond donors (Lipinski definition) is 2. The molecule has 5 heteroatoms. The Labute approximate surface area is 125 Å². The minimum absolute atomic E-state index is 0.0656. The third kappa shape index (κ3) is 3.06. The molecular formula is C16H22N2O3. The molecule has 3 rings (SSSR count). The van der Waals surface area contributed by atoms with E-state index in [-0.39, 0.29) is 11.4 Å². The van der Waals surface area contributed by atoms with Gasteiger partial charge in [-0.1, -0.05) is 19.9 Å². The topological polar surface area (TPSA) is 59.6 Å². The van der Waals surface area contributed by atoms with E-state index in [0.717, 1.165) is 24.3 Å². The van der Waals surface area contributed by atoms with Gasteiger partial charge in [-0.25, -0.2) is 4.79 Å². The molecule has 1 aliphatic carbocycles. The van der Waals surface area contributed by atoms with Crippen molar-refractivity contribution in [1.29, 1.82) is 0 Å². The van der Waals surface area contributed by atoms with Crippen molar-refractivity contribution in [3.8, 4) is 11.5 Å². The van der Waals surface area contributed by atoms with Crippen molar-refractivity contribution in [3.63, 3.8) is 0 Å². The van der Waals surface area contributed by atoms with Gasteiger partial charge in [-0.2, -0.15) is 0 Å². The second-order valence-corrected chi connectivity index (χ2v) is 6.31. The predicted molar refractivity (Wildman–Crippen MR) is 79.7 cm³/mol. The van der Waals surface area contributed by atoms with Crippen molar-refractivity contribution in [2.24, 2.45) is 5.92 Å². The summed E-state index contributed by atoms with van der Waals surface area (Å²) in [6.07, 6.45) is 2.19. The molecular weight excluding hydrogens is 268 g/mol.